The Hall–Kier alpha value is -2.75. The number of fused-ring (bicyclic) bond motifs is 1. The molecule has 1 aromatic carbocycles. The topological polar surface area (TPSA) is 80.1 Å². The maximum absolute atomic E-state index is 13.5. The fourth-order valence-electron chi connectivity index (χ4n) is 4.08. The van der Waals surface area contributed by atoms with E-state index in [2.05, 4.69) is 0 Å². The first kappa shape index (κ1) is 26.8. The van der Waals surface area contributed by atoms with Gasteiger partial charge in [0.2, 0.25) is 0 Å². The second-order valence-electron chi connectivity index (χ2n) is 9.04. The zero-order chi connectivity index (χ0) is 26.1. The van der Waals surface area contributed by atoms with Gasteiger partial charge in [-0.1, -0.05) is 24.9 Å². The summed E-state index contributed by atoms with van der Waals surface area (Å²) in [5.41, 5.74) is -2.94. The van der Waals surface area contributed by atoms with Gasteiger partial charge >= 0.3 is 17.8 Å². The molecule has 1 fully saturated rings. The molecule has 192 valence electrons. The Morgan fingerprint density at radius 1 is 1.11 bits per heavy atom. The van der Waals surface area contributed by atoms with E-state index in [-0.39, 0.29) is 46.8 Å². The molecule has 1 saturated heterocycles. The van der Waals surface area contributed by atoms with Crippen LogP contribution in [0.15, 0.2) is 21.3 Å². The fraction of sp³-hybridized carbons (Fsp3) is 0.542. The van der Waals surface area contributed by atoms with Gasteiger partial charge in [0.1, 0.15) is 16.9 Å². The average Bonchev–Trinajstić information content (AvgIpc) is 2.91. The molecule has 2 aromatic rings. The third-order valence-corrected chi connectivity index (χ3v) is 6.52. The van der Waals surface area contributed by atoms with Crippen molar-refractivity contribution in [2.75, 3.05) is 20.2 Å². The van der Waals surface area contributed by atoms with E-state index >= 15 is 0 Å². The van der Waals surface area contributed by atoms with Gasteiger partial charge in [0.15, 0.2) is 0 Å². The van der Waals surface area contributed by atoms with Crippen LogP contribution in [0.2, 0.25) is 5.02 Å². The lowest BCUT2D eigenvalue weighted by Gasteiger charge is -2.22. The molecule has 1 aliphatic rings. The zero-order valence-corrected chi connectivity index (χ0v) is 20.8. The van der Waals surface area contributed by atoms with Crippen molar-refractivity contribution in [3.05, 3.63) is 38.7 Å². The monoisotopic (exact) mass is 516 g/mol. The molecular weight excluding hydrogens is 489 g/mol. The third-order valence-electron chi connectivity index (χ3n) is 6.24. The van der Waals surface area contributed by atoms with Crippen LogP contribution in [-0.2, 0) is 17.4 Å². The van der Waals surface area contributed by atoms with Crippen LogP contribution in [0.3, 0.4) is 0 Å². The van der Waals surface area contributed by atoms with Gasteiger partial charge in [-0.15, -0.1) is 0 Å². The number of hydrogen-bond donors (Lipinski definition) is 0. The molecule has 0 unspecified atom stereocenters. The number of carbonyl (C=O) groups is 2. The van der Waals surface area contributed by atoms with Gasteiger partial charge in [-0.05, 0) is 45.6 Å². The Morgan fingerprint density at radius 3 is 2.37 bits per heavy atom. The molecule has 7 nitrogen and oxygen atoms in total. The lowest BCUT2D eigenvalue weighted by Crippen LogP contribution is -2.41. The number of rotatable bonds is 9. The second-order valence-corrected chi connectivity index (χ2v) is 9.44. The number of aryl methyl sites for hydroxylation is 1. The molecular formula is C24H28ClF3N2O5. The minimum atomic E-state index is -4.74. The third kappa shape index (κ3) is 5.27. The summed E-state index contributed by atoms with van der Waals surface area (Å²) in [7, 11) is 1.59. The molecule has 0 N–H and O–H groups in total. The van der Waals surface area contributed by atoms with E-state index < -0.39 is 22.9 Å². The van der Waals surface area contributed by atoms with Crippen LogP contribution >= 0.6 is 11.6 Å². The number of unbranched alkanes of at least 4 members (excludes halogenated alkanes) is 2. The number of urea groups is 1. The number of nitrogens with zero attached hydrogens (tertiary/aromatic N) is 2. The van der Waals surface area contributed by atoms with Crippen LogP contribution in [-0.4, -0.2) is 47.5 Å². The molecule has 2 heterocycles. The predicted molar refractivity (Wildman–Crippen MR) is 125 cm³/mol. The van der Waals surface area contributed by atoms with E-state index in [9.17, 15) is 27.6 Å². The molecule has 35 heavy (non-hydrogen) atoms. The van der Waals surface area contributed by atoms with Gasteiger partial charge in [0, 0.05) is 30.6 Å². The van der Waals surface area contributed by atoms with E-state index in [1.165, 1.54) is 9.80 Å². The first-order valence-corrected chi connectivity index (χ1v) is 11.8. The van der Waals surface area contributed by atoms with Crippen molar-refractivity contribution in [1.82, 2.24) is 9.80 Å². The van der Waals surface area contributed by atoms with Gasteiger partial charge < -0.3 is 14.1 Å². The zero-order valence-electron chi connectivity index (χ0n) is 20.1. The maximum Gasteiger partial charge on any atom is 0.417 e. The van der Waals surface area contributed by atoms with Crippen LogP contribution in [0.25, 0.3) is 11.0 Å². The molecule has 3 amide bonds. The fourth-order valence-corrected chi connectivity index (χ4v) is 4.36. The largest absolute Gasteiger partial charge is 0.492 e. The van der Waals surface area contributed by atoms with Crippen molar-refractivity contribution in [3.8, 4) is 5.75 Å². The van der Waals surface area contributed by atoms with Crippen molar-refractivity contribution in [1.29, 1.82) is 0 Å². The Kier molecular flexibility index (Phi) is 7.74. The normalized spacial score (nSPS) is 16.0. The van der Waals surface area contributed by atoms with Crippen LogP contribution in [0.4, 0.5) is 18.0 Å². The van der Waals surface area contributed by atoms with Crippen molar-refractivity contribution in [2.24, 2.45) is 0 Å². The molecule has 0 saturated carbocycles. The van der Waals surface area contributed by atoms with Crippen LogP contribution in [0.5, 0.6) is 5.75 Å². The number of amides is 3. The molecule has 3 rings (SSSR count). The average molecular weight is 517 g/mol. The summed E-state index contributed by atoms with van der Waals surface area (Å²) in [6.45, 7) is 5.72. The van der Waals surface area contributed by atoms with Gasteiger partial charge in [0.25, 0.3) is 5.91 Å². The first-order valence-electron chi connectivity index (χ1n) is 11.4. The number of benzene rings is 1. The molecule has 1 aliphatic heterocycles. The predicted octanol–water partition coefficient (Wildman–Crippen LogP) is 5.64. The molecule has 11 heteroatoms. The quantitative estimate of drug-likeness (QED) is 0.245. The van der Waals surface area contributed by atoms with Crippen molar-refractivity contribution >= 4 is 34.5 Å². The van der Waals surface area contributed by atoms with E-state index in [0.717, 1.165) is 6.07 Å². The highest BCUT2D eigenvalue weighted by atomic mass is 35.5. The van der Waals surface area contributed by atoms with Gasteiger partial charge in [0.05, 0.1) is 17.2 Å². The molecule has 1 aromatic heterocycles. The number of likely N-dealkylation sites (N-methyl/N-ethyl adjacent to an activating group) is 1. The Balaban J connectivity index is 1.70. The number of imide groups is 1. The standard InChI is InChI=1S/C24H28ClF3N2O5/c1-5-9-14-19-15(16(24(26,27)28)13-18(31)35-19)12-17(25)20(14)34-11-8-6-7-10-30-21(32)23(2,3)29(4)22(30)33/h12-13H,5-11H2,1-4H3. The highest BCUT2D eigenvalue weighted by molar-refractivity contribution is 6.33. The minimum Gasteiger partial charge on any atom is -0.492 e. The van der Waals surface area contributed by atoms with Gasteiger partial charge in [-0.3, -0.25) is 9.69 Å². The second kappa shape index (κ2) is 10.1. The summed E-state index contributed by atoms with van der Waals surface area (Å²) in [5, 5.41) is -0.287. The highest BCUT2D eigenvalue weighted by Crippen LogP contribution is 2.41. The summed E-state index contributed by atoms with van der Waals surface area (Å²) in [4.78, 5) is 39.2. The van der Waals surface area contributed by atoms with Crippen molar-refractivity contribution in [2.45, 2.75) is 64.6 Å². The Morgan fingerprint density at radius 2 is 1.80 bits per heavy atom. The lowest BCUT2D eigenvalue weighted by atomic mass is 10.0. The number of halogens is 4. The van der Waals surface area contributed by atoms with E-state index in [1.807, 2.05) is 6.92 Å². The van der Waals surface area contributed by atoms with Crippen LogP contribution < -0.4 is 10.4 Å². The number of hydrogen-bond acceptors (Lipinski definition) is 5. The SMILES string of the molecule is CCCc1c(OCCCCCN2C(=O)N(C)C(C)(C)C2=O)c(Cl)cc2c(C(F)(F)F)cc(=O)oc12. The Labute approximate surface area is 205 Å². The number of ether oxygens (including phenoxy) is 1. The summed E-state index contributed by atoms with van der Waals surface area (Å²) >= 11 is 6.31. The van der Waals surface area contributed by atoms with E-state index in [0.29, 0.717) is 43.7 Å². The summed E-state index contributed by atoms with van der Waals surface area (Å²) in [6, 6.07) is 1.20. The van der Waals surface area contributed by atoms with Crippen molar-refractivity contribution in [3.63, 3.8) is 0 Å². The van der Waals surface area contributed by atoms with Crippen LogP contribution in [0, 0.1) is 0 Å². The maximum atomic E-state index is 13.5. The summed E-state index contributed by atoms with van der Waals surface area (Å²) in [6.07, 6.45) is -2.11. The molecule has 0 aliphatic carbocycles. The van der Waals surface area contributed by atoms with Gasteiger partial charge in [-0.25, -0.2) is 9.59 Å². The minimum absolute atomic E-state index is 0.00109. The molecule has 0 spiro atoms. The summed E-state index contributed by atoms with van der Waals surface area (Å²) in [5.74, 6) is -0.0510. The molecule has 0 radical (unpaired) electrons. The lowest BCUT2D eigenvalue weighted by molar-refractivity contribution is -0.136. The smallest absolute Gasteiger partial charge is 0.417 e. The molecule has 0 bridgehead atoms. The summed E-state index contributed by atoms with van der Waals surface area (Å²) < 4.78 is 51.5. The van der Waals surface area contributed by atoms with E-state index in [4.69, 9.17) is 20.8 Å². The molecule has 0 atom stereocenters. The highest BCUT2D eigenvalue weighted by Gasteiger charge is 2.48. The van der Waals surface area contributed by atoms with E-state index in [1.54, 1.807) is 20.9 Å². The van der Waals surface area contributed by atoms with Crippen LogP contribution in [0.1, 0.15) is 57.6 Å². The number of alkyl halides is 3. The number of carbonyl (C=O) groups excluding carboxylic acids is 2. The Bertz CT molecular complexity index is 1190. The first-order chi connectivity index (χ1) is 16.3. The van der Waals surface area contributed by atoms with Gasteiger partial charge in [-0.2, -0.15) is 13.2 Å². The van der Waals surface area contributed by atoms with Crippen molar-refractivity contribution < 1.29 is 31.9 Å².